The molecule has 0 radical (unpaired) electrons. The van der Waals surface area contributed by atoms with Crippen LogP contribution in [-0.4, -0.2) is 5.91 Å². The van der Waals surface area contributed by atoms with E-state index in [1.807, 2.05) is 69.3 Å². The van der Waals surface area contributed by atoms with Crippen LogP contribution in [0.3, 0.4) is 0 Å². The lowest BCUT2D eigenvalue weighted by atomic mass is 10.0. The number of rotatable bonds is 3. The highest BCUT2D eigenvalue weighted by Gasteiger charge is 2.16. The predicted octanol–water partition coefficient (Wildman–Crippen LogP) is 4.54. The first-order valence-corrected chi connectivity index (χ1v) is 7.42. The summed E-state index contributed by atoms with van der Waals surface area (Å²) < 4.78 is 5.81. The average molecular weight is 293 g/mol. The largest absolute Gasteiger partial charge is 0.459 e. The molecule has 1 aromatic heterocycles. The van der Waals surface area contributed by atoms with E-state index in [1.165, 1.54) is 0 Å². The van der Waals surface area contributed by atoms with Gasteiger partial charge < -0.3 is 9.73 Å². The van der Waals surface area contributed by atoms with Gasteiger partial charge in [0.05, 0.1) is 6.04 Å². The van der Waals surface area contributed by atoms with Gasteiger partial charge in [-0.15, -0.1) is 0 Å². The average Bonchev–Trinajstić information content (AvgIpc) is 2.94. The minimum Gasteiger partial charge on any atom is -0.459 e. The van der Waals surface area contributed by atoms with Crippen molar-refractivity contribution in [1.82, 2.24) is 5.32 Å². The number of aryl methyl sites for hydroxylation is 1. The van der Waals surface area contributed by atoms with Gasteiger partial charge in [0.25, 0.3) is 5.91 Å². The molecule has 0 aliphatic carbocycles. The van der Waals surface area contributed by atoms with E-state index in [-0.39, 0.29) is 11.9 Å². The Morgan fingerprint density at radius 3 is 2.64 bits per heavy atom. The van der Waals surface area contributed by atoms with Crippen LogP contribution < -0.4 is 5.32 Å². The Labute approximate surface area is 130 Å². The molecule has 3 aromatic rings. The van der Waals surface area contributed by atoms with Crippen LogP contribution in [0.1, 0.15) is 40.2 Å². The zero-order valence-electron chi connectivity index (χ0n) is 13.0. The number of carbonyl (C=O) groups excluding carboxylic acids is 1. The first-order valence-electron chi connectivity index (χ1n) is 7.42. The molecule has 112 valence electrons. The van der Waals surface area contributed by atoms with E-state index in [0.717, 1.165) is 27.9 Å². The number of benzene rings is 2. The topological polar surface area (TPSA) is 42.2 Å². The number of nitrogens with one attached hydrogen (secondary N) is 1. The van der Waals surface area contributed by atoms with Crippen molar-refractivity contribution in [3.05, 3.63) is 71.0 Å². The number of fused-ring (bicyclic) bond motifs is 1. The first-order chi connectivity index (χ1) is 10.6. The fraction of sp³-hybridized carbons (Fsp3) is 0.211. The molecule has 0 bridgehead atoms. The predicted molar refractivity (Wildman–Crippen MR) is 88.0 cm³/mol. The van der Waals surface area contributed by atoms with Crippen molar-refractivity contribution in [3.8, 4) is 0 Å². The van der Waals surface area contributed by atoms with Gasteiger partial charge >= 0.3 is 0 Å². The van der Waals surface area contributed by atoms with Crippen molar-refractivity contribution in [2.45, 2.75) is 26.8 Å². The molecular weight excluding hydrogens is 274 g/mol. The Bertz CT molecular complexity index is 799. The van der Waals surface area contributed by atoms with Gasteiger partial charge in [0.2, 0.25) is 0 Å². The van der Waals surface area contributed by atoms with Gasteiger partial charge in [-0.05, 0) is 50.1 Å². The summed E-state index contributed by atoms with van der Waals surface area (Å²) in [6, 6.07) is 15.4. The fourth-order valence-corrected chi connectivity index (χ4v) is 2.56. The molecule has 1 unspecified atom stereocenters. The van der Waals surface area contributed by atoms with E-state index in [4.69, 9.17) is 4.42 Å². The van der Waals surface area contributed by atoms with Crippen LogP contribution in [-0.2, 0) is 0 Å². The lowest BCUT2D eigenvalue weighted by Gasteiger charge is -2.13. The van der Waals surface area contributed by atoms with Gasteiger partial charge in [-0.25, -0.2) is 0 Å². The quantitative estimate of drug-likeness (QED) is 0.770. The zero-order valence-corrected chi connectivity index (χ0v) is 13.0. The van der Waals surface area contributed by atoms with Gasteiger partial charge in [0.1, 0.15) is 11.3 Å². The maximum absolute atomic E-state index is 12.5. The molecule has 1 atom stereocenters. The third-order valence-electron chi connectivity index (χ3n) is 4.07. The number of hydrogen-bond donors (Lipinski definition) is 1. The van der Waals surface area contributed by atoms with Crippen LogP contribution in [0, 0.1) is 13.8 Å². The van der Waals surface area contributed by atoms with Crippen LogP contribution >= 0.6 is 0 Å². The number of amides is 1. The number of furan rings is 1. The van der Waals surface area contributed by atoms with Crippen LogP contribution in [0.25, 0.3) is 11.0 Å². The van der Waals surface area contributed by atoms with E-state index < -0.39 is 0 Å². The van der Waals surface area contributed by atoms with Crippen LogP contribution in [0.4, 0.5) is 0 Å². The summed E-state index contributed by atoms with van der Waals surface area (Å²) in [5.41, 5.74) is 3.68. The maximum atomic E-state index is 12.5. The second-order valence-corrected chi connectivity index (χ2v) is 5.63. The third kappa shape index (κ3) is 2.62. The molecule has 0 saturated carbocycles. The number of hydrogen-bond acceptors (Lipinski definition) is 2. The van der Waals surface area contributed by atoms with Gasteiger partial charge in [-0.1, -0.05) is 30.3 Å². The molecule has 0 fully saturated rings. The van der Waals surface area contributed by atoms with Crippen LogP contribution in [0.5, 0.6) is 0 Å². The van der Waals surface area contributed by atoms with E-state index >= 15 is 0 Å². The lowest BCUT2D eigenvalue weighted by Crippen LogP contribution is -2.27. The zero-order chi connectivity index (χ0) is 15.7. The summed E-state index contributed by atoms with van der Waals surface area (Å²) in [5, 5.41) is 4.06. The van der Waals surface area contributed by atoms with Crippen molar-refractivity contribution < 1.29 is 9.21 Å². The third-order valence-corrected chi connectivity index (χ3v) is 4.07. The smallest absolute Gasteiger partial charge is 0.252 e. The standard InChI is InChI=1S/C19H19NO2/c1-12-7-6-9-16(13(12)2)19(21)20-14(3)18-11-15-8-4-5-10-17(15)22-18/h4-11,14H,1-3H3,(H,20,21). The molecule has 3 nitrogen and oxygen atoms in total. The van der Waals surface area contributed by atoms with Crippen LogP contribution in [0.2, 0.25) is 0 Å². The summed E-state index contributed by atoms with van der Waals surface area (Å²) in [6.45, 7) is 5.91. The summed E-state index contributed by atoms with van der Waals surface area (Å²) >= 11 is 0. The molecule has 0 aliphatic heterocycles. The molecule has 3 rings (SSSR count). The van der Waals surface area contributed by atoms with Crippen molar-refractivity contribution in [2.24, 2.45) is 0 Å². The summed E-state index contributed by atoms with van der Waals surface area (Å²) in [7, 11) is 0. The molecule has 22 heavy (non-hydrogen) atoms. The Morgan fingerprint density at radius 2 is 1.86 bits per heavy atom. The lowest BCUT2D eigenvalue weighted by molar-refractivity contribution is 0.0935. The molecule has 0 aliphatic rings. The summed E-state index contributed by atoms with van der Waals surface area (Å²) in [6.07, 6.45) is 0. The monoisotopic (exact) mass is 293 g/mol. The molecular formula is C19H19NO2. The van der Waals surface area contributed by atoms with Crippen molar-refractivity contribution in [2.75, 3.05) is 0 Å². The Hall–Kier alpha value is -2.55. The maximum Gasteiger partial charge on any atom is 0.252 e. The number of para-hydroxylation sites is 1. The van der Waals surface area contributed by atoms with Gasteiger partial charge in [0, 0.05) is 10.9 Å². The fourth-order valence-electron chi connectivity index (χ4n) is 2.56. The SMILES string of the molecule is Cc1cccc(C(=O)NC(C)c2cc3ccccc3o2)c1C. The van der Waals surface area contributed by atoms with Crippen molar-refractivity contribution >= 4 is 16.9 Å². The Kier molecular flexibility index (Phi) is 3.72. The van der Waals surface area contributed by atoms with E-state index in [0.29, 0.717) is 5.56 Å². The second-order valence-electron chi connectivity index (χ2n) is 5.63. The van der Waals surface area contributed by atoms with Gasteiger partial charge in [-0.3, -0.25) is 4.79 Å². The second kappa shape index (κ2) is 5.68. The molecule has 1 heterocycles. The highest BCUT2D eigenvalue weighted by atomic mass is 16.3. The highest BCUT2D eigenvalue weighted by molar-refractivity contribution is 5.96. The molecule has 1 N–H and O–H groups in total. The molecule has 0 saturated heterocycles. The van der Waals surface area contributed by atoms with E-state index in [2.05, 4.69) is 5.32 Å². The van der Waals surface area contributed by atoms with E-state index in [1.54, 1.807) is 0 Å². The van der Waals surface area contributed by atoms with Crippen molar-refractivity contribution in [1.29, 1.82) is 0 Å². The van der Waals surface area contributed by atoms with E-state index in [9.17, 15) is 4.79 Å². The number of carbonyl (C=O) groups is 1. The molecule has 3 heteroatoms. The van der Waals surface area contributed by atoms with Gasteiger partial charge in [-0.2, -0.15) is 0 Å². The molecule has 2 aromatic carbocycles. The van der Waals surface area contributed by atoms with Crippen LogP contribution in [0.15, 0.2) is 52.9 Å². The summed E-state index contributed by atoms with van der Waals surface area (Å²) in [5.74, 6) is 0.689. The van der Waals surface area contributed by atoms with Crippen molar-refractivity contribution in [3.63, 3.8) is 0 Å². The van der Waals surface area contributed by atoms with Gasteiger partial charge in [0.15, 0.2) is 0 Å². The normalized spacial score (nSPS) is 12.3. The highest BCUT2D eigenvalue weighted by Crippen LogP contribution is 2.24. The summed E-state index contributed by atoms with van der Waals surface area (Å²) in [4.78, 5) is 12.5. The molecule has 1 amide bonds. The Morgan fingerprint density at radius 1 is 1.09 bits per heavy atom. The molecule has 0 spiro atoms. The Balaban J connectivity index is 1.82. The minimum atomic E-state index is -0.181. The minimum absolute atomic E-state index is 0.0749. The first kappa shape index (κ1) is 14.4.